The summed E-state index contributed by atoms with van der Waals surface area (Å²) in [5.41, 5.74) is 11.9. The number of aliphatic carboxylic acids is 2. The zero-order valence-corrected chi connectivity index (χ0v) is 27.1. The van der Waals surface area contributed by atoms with Crippen LogP contribution in [0.15, 0.2) is 75.3 Å². The molecule has 1 unspecified atom stereocenters. The Morgan fingerprint density at radius 2 is 2.02 bits per heavy atom. The van der Waals surface area contributed by atoms with Crippen LogP contribution in [0.2, 0.25) is 0 Å². The maximum Gasteiger partial charge on any atom is 0.352 e. The zero-order chi connectivity index (χ0) is 35.2. The van der Waals surface area contributed by atoms with E-state index in [1.54, 1.807) is 22.9 Å². The number of β-lactam (4-membered cyclic amide) rings is 1. The summed E-state index contributed by atoms with van der Waals surface area (Å²) in [5, 5.41) is 38.7. The van der Waals surface area contributed by atoms with Crippen LogP contribution in [0.25, 0.3) is 0 Å². The number of fused-ring (bicyclic) bond motifs is 1. The van der Waals surface area contributed by atoms with Gasteiger partial charge in [-0.2, -0.15) is 0 Å². The number of hydroxylamine groups is 1. The molecule has 2 atom stereocenters. The molecule has 4 heterocycles. The second kappa shape index (κ2) is 15.0. The Labute approximate surface area is 281 Å². The van der Waals surface area contributed by atoms with E-state index in [-0.39, 0.29) is 41.6 Å². The van der Waals surface area contributed by atoms with E-state index in [0.29, 0.717) is 16.3 Å². The third-order valence-corrected chi connectivity index (χ3v) is 8.96. The molecule has 10 N–H and O–H groups in total. The van der Waals surface area contributed by atoms with Crippen LogP contribution in [-0.2, 0) is 35.4 Å². The minimum Gasteiger partial charge on any atom is -0.478 e. The average Bonchev–Trinajstić information content (AvgIpc) is 3.26. The molecule has 4 rings (SSSR count). The molecule has 0 saturated carbocycles. The molecular weight excluding hydrogens is 670 g/mol. The van der Waals surface area contributed by atoms with Crippen LogP contribution in [0.3, 0.4) is 0 Å². The Balaban J connectivity index is 1.52. The van der Waals surface area contributed by atoms with Gasteiger partial charge in [0.15, 0.2) is 5.71 Å². The quantitative estimate of drug-likeness (QED) is 0.0318. The molecular formula is C28H32N9O9S2+. The van der Waals surface area contributed by atoms with Gasteiger partial charge in [-0.3, -0.25) is 24.5 Å². The highest BCUT2D eigenvalue weighted by Gasteiger charge is 2.54. The van der Waals surface area contributed by atoms with Gasteiger partial charge in [0, 0.05) is 29.5 Å². The molecule has 0 radical (unpaired) electrons. The van der Waals surface area contributed by atoms with Crippen LogP contribution in [0, 0.1) is 0 Å². The van der Waals surface area contributed by atoms with Gasteiger partial charge >= 0.3 is 11.9 Å². The minimum atomic E-state index is -1.78. The number of carbonyl (C=O) groups is 5. The van der Waals surface area contributed by atoms with Crippen molar-refractivity contribution in [3.8, 4) is 0 Å². The van der Waals surface area contributed by atoms with Gasteiger partial charge in [-0.1, -0.05) is 35.1 Å². The number of carboxylic acids is 2. The monoisotopic (exact) mass is 702 g/mol. The smallest absolute Gasteiger partial charge is 0.352 e. The van der Waals surface area contributed by atoms with Crippen molar-refractivity contribution in [2.24, 2.45) is 10.9 Å². The number of nitrogen functional groups attached to an aromatic ring is 1. The van der Waals surface area contributed by atoms with Gasteiger partial charge in [-0.25, -0.2) is 19.6 Å². The Morgan fingerprint density at radius 1 is 1.27 bits per heavy atom. The van der Waals surface area contributed by atoms with E-state index in [9.17, 15) is 34.2 Å². The summed E-state index contributed by atoms with van der Waals surface area (Å²) >= 11 is 2.33. The Bertz CT molecular complexity index is 1720. The number of amides is 3. The minimum absolute atomic E-state index is 0.0374. The first-order chi connectivity index (χ1) is 22.7. The summed E-state index contributed by atoms with van der Waals surface area (Å²) in [4.78, 5) is 72.4. The maximum atomic E-state index is 13.5. The van der Waals surface area contributed by atoms with E-state index in [2.05, 4.69) is 20.8 Å². The highest BCUT2D eigenvalue weighted by molar-refractivity contribution is 8.05. The number of rotatable bonds is 13. The highest BCUT2D eigenvalue weighted by Crippen LogP contribution is 2.40. The van der Waals surface area contributed by atoms with E-state index < -0.39 is 46.7 Å². The van der Waals surface area contributed by atoms with Crippen molar-refractivity contribution in [2.75, 3.05) is 23.3 Å². The largest absolute Gasteiger partial charge is 0.478 e. The van der Waals surface area contributed by atoms with Crippen LogP contribution >= 0.6 is 23.5 Å². The van der Waals surface area contributed by atoms with Crippen molar-refractivity contribution in [1.29, 1.82) is 0 Å². The molecule has 3 aliphatic heterocycles. The number of hydrogen-bond acceptors (Lipinski definition) is 14. The molecule has 3 amide bonds. The number of anilines is 2. The molecule has 1 saturated heterocycles. The number of nitrogens with one attached hydrogen (secondary N) is 3. The van der Waals surface area contributed by atoms with Crippen LogP contribution in [-0.4, -0.2) is 90.0 Å². The summed E-state index contributed by atoms with van der Waals surface area (Å²) < 4.78 is 1.57. The summed E-state index contributed by atoms with van der Waals surface area (Å²) in [6.07, 6.45) is 10.2. The molecule has 18 nitrogen and oxygen atoms in total. The van der Waals surface area contributed by atoms with Gasteiger partial charge in [0.25, 0.3) is 29.9 Å². The zero-order valence-electron chi connectivity index (χ0n) is 25.4. The number of hydrogen-bond donors (Lipinski definition) is 8. The standard InChI is InChI=1S/C28H31N9O9S2/c1-28(2,27(43)44)46-35-19(14-5-3-6-17(29)47-11-14)23(39)33-20-24(40)37-21(26(41)42)15(12-48-25(20)37)9-36-10-16(22(30)32-13-36)31-8-4-7-18(38)34-45/h3-7,10-11,13,20,25,30-31H,8-9,12,29H2,1-2H3,(H5,33,34,35,38,39,41,42,43,44,45)/p+1/b7-4+/t20-,25?/m1/s1. The summed E-state index contributed by atoms with van der Waals surface area (Å²) in [7, 11) is 0. The maximum absolute atomic E-state index is 13.5. The first kappa shape index (κ1) is 35.5. The number of oxime groups is 1. The summed E-state index contributed by atoms with van der Waals surface area (Å²) in [6, 6.07) is -1.12. The lowest BCUT2D eigenvalue weighted by molar-refractivity contribution is -0.691. The number of carboxylic acid groups (broad SMARTS) is 2. The number of allylic oxidation sites excluding steroid dienone is 3. The molecule has 1 aromatic heterocycles. The van der Waals surface area contributed by atoms with E-state index in [1.807, 2.05) is 0 Å². The number of aromatic nitrogens is 2. The van der Waals surface area contributed by atoms with Crippen LogP contribution in [0.5, 0.6) is 0 Å². The molecule has 3 aliphatic rings. The van der Waals surface area contributed by atoms with E-state index in [1.165, 1.54) is 55.0 Å². The molecule has 0 aliphatic carbocycles. The number of thioether (sulfide) groups is 2. The van der Waals surface area contributed by atoms with Crippen LogP contribution in [0.1, 0.15) is 13.8 Å². The van der Waals surface area contributed by atoms with Gasteiger partial charge in [-0.05, 0) is 30.3 Å². The van der Waals surface area contributed by atoms with Crippen molar-refractivity contribution in [2.45, 2.75) is 37.4 Å². The van der Waals surface area contributed by atoms with E-state index in [4.69, 9.17) is 21.5 Å². The number of nitrogens with two attached hydrogens (primary N) is 2. The van der Waals surface area contributed by atoms with Gasteiger partial charge < -0.3 is 37.2 Å². The molecule has 0 aromatic carbocycles. The number of carbonyl (C=O) groups excluding carboxylic acids is 3. The molecule has 1 fully saturated rings. The normalized spacial score (nSPS) is 19.4. The average molecular weight is 703 g/mol. The molecule has 48 heavy (non-hydrogen) atoms. The van der Waals surface area contributed by atoms with E-state index in [0.717, 1.165) is 22.7 Å². The second-order valence-electron chi connectivity index (χ2n) is 10.7. The van der Waals surface area contributed by atoms with Gasteiger partial charge in [0.2, 0.25) is 5.60 Å². The Kier molecular flexibility index (Phi) is 11.1. The lowest BCUT2D eigenvalue weighted by Gasteiger charge is -2.49. The molecule has 254 valence electrons. The first-order valence-electron chi connectivity index (χ1n) is 13.9. The van der Waals surface area contributed by atoms with Crippen molar-refractivity contribution < 1.29 is 48.8 Å². The highest BCUT2D eigenvalue weighted by atomic mass is 32.2. The molecule has 0 bridgehead atoms. The molecule has 20 heteroatoms. The van der Waals surface area contributed by atoms with Gasteiger partial charge in [0.05, 0.1) is 5.03 Å². The Hall–Kier alpha value is -5.34. The van der Waals surface area contributed by atoms with E-state index >= 15 is 0 Å². The predicted molar refractivity (Wildman–Crippen MR) is 173 cm³/mol. The molecule has 1 aromatic rings. The Morgan fingerprint density at radius 3 is 2.71 bits per heavy atom. The SMILES string of the molecule is CC(C)(O/N=C(\C(=O)N[C@@H]1C(=O)N2C(C(=O)O)=C(C[n+]3cnc(N)c(NC/C=C/C(=O)NO)c3)CSC12)C1=CSC(N)=CC=C1)C(=O)O. The fraction of sp³-hybridized carbons (Fsp3) is 0.286. The lowest BCUT2D eigenvalue weighted by Crippen LogP contribution is -2.71. The molecule has 0 spiro atoms. The first-order valence-corrected chi connectivity index (χ1v) is 15.9. The number of nitrogens with zero attached hydrogens (tertiary/aromatic N) is 4. The third kappa shape index (κ3) is 8.14. The fourth-order valence-electron chi connectivity index (χ4n) is 4.32. The van der Waals surface area contributed by atoms with Crippen molar-refractivity contribution >= 4 is 70.4 Å². The van der Waals surface area contributed by atoms with Gasteiger partial charge in [-0.15, -0.1) is 11.8 Å². The van der Waals surface area contributed by atoms with Crippen molar-refractivity contribution in [3.63, 3.8) is 0 Å². The fourth-order valence-corrected chi connectivity index (χ4v) is 6.26. The van der Waals surface area contributed by atoms with Crippen LogP contribution in [0.4, 0.5) is 11.5 Å². The van der Waals surface area contributed by atoms with Crippen molar-refractivity contribution in [1.82, 2.24) is 20.7 Å². The van der Waals surface area contributed by atoms with Crippen LogP contribution < -0.4 is 32.1 Å². The predicted octanol–water partition coefficient (Wildman–Crippen LogP) is -0.614. The second-order valence-corrected chi connectivity index (χ2v) is 12.7. The summed E-state index contributed by atoms with van der Waals surface area (Å²) in [5.74, 6) is -4.58. The summed E-state index contributed by atoms with van der Waals surface area (Å²) in [6.45, 7) is 2.69. The third-order valence-electron chi connectivity index (χ3n) is 6.84. The lowest BCUT2D eigenvalue weighted by atomic mass is 10.0. The topological polar surface area (TPSA) is 276 Å². The van der Waals surface area contributed by atoms with Gasteiger partial charge in [0.1, 0.15) is 35.5 Å². The van der Waals surface area contributed by atoms with Crippen molar-refractivity contribution in [3.05, 3.63) is 70.2 Å².